The Morgan fingerprint density at radius 2 is 2.12 bits per heavy atom. The van der Waals surface area contributed by atoms with E-state index in [1.165, 1.54) is 0 Å². The molecule has 4 nitrogen and oxygen atoms in total. The fourth-order valence-electron chi connectivity index (χ4n) is 1.56. The maximum Gasteiger partial charge on any atom is 0.221 e. The van der Waals surface area contributed by atoms with Gasteiger partial charge in [-0.2, -0.15) is 0 Å². The van der Waals surface area contributed by atoms with Crippen LogP contribution >= 0.6 is 0 Å². The van der Waals surface area contributed by atoms with E-state index in [1.807, 2.05) is 31.2 Å². The van der Waals surface area contributed by atoms with Gasteiger partial charge >= 0.3 is 0 Å². The molecular weight excluding hydrogens is 216 g/mol. The molecule has 0 spiro atoms. The van der Waals surface area contributed by atoms with E-state index in [0.29, 0.717) is 26.1 Å². The third-order valence-electron chi connectivity index (χ3n) is 2.41. The van der Waals surface area contributed by atoms with Crippen LogP contribution in [-0.2, 0) is 17.9 Å². The van der Waals surface area contributed by atoms with E-state index in [0.717, 1.165) is 11.1 Å². The fourth-order valence-corrected chi connectivity index (χ4v) is 1.56. The Morgan fingerprint density at radius 3 is 2.82 bits per heavy atom. The highest BCUT2D eigenvalue weighted by Gasteiger charge is 1.99. The minimum absolute atomic E-state index is 0.0622. The number of hydrogen-bond acceptors (Lipinski definition) is 3. The van der Waals surface area contributed by atoms with Crippen LogP contribution in [-0.4, -0.2) is 24.1 Å². The van der Waals surface area contributed by atoms with Gasteiger partial charge in [0.2, 0.25) is 5.91 Å². The highest BCUT2D eigenvalue weighted by Crippen LogP contribution is 2.04. The van der Waals surface area contributed by atoms with Crippen molar-refractivity contribution in [1.29, 1.82) is 0 Å². The molecule has 17 heavy (non-hydrogen) atoms. The Morgan fingerprint density at radius 1 is 1.35 bits per heavy atom. The number of amides is 1. The summed E-state index contributed by atoms with van der Waals surface area (Å²) in [6.45, 7) is 4.03. The molecule has 0 aromatic heterocycles. The lowest BCUT2D eigenvalue weighted by molar-refractivity contribution is -0.120. The van der Waals surface area contributed by atoms with Gasteiger partial charge in [-0.15, -0.1) is 0 Å². The van der Waals surface area contributed by atoms with Gasteiger partial charge in [-0.1, -0.05) is 24.3 Å². The summed E-state index contributed by atoms with van der Waals surface area (Å²) in [5.74, 6) is 0.0732. The maximum absolute atomic E-state index is 11.2. The summed E-state index contributed by atoms with van der Waals surface area (Å²) in [5, 5.41) is 14.9. The maximum atomic E-state index is 11.2. The topological polar surface area (TPSA) is 61.4 Å². The standard InChI is InChI=1S/C13H20N2O2/c1-2-15-13(17)6-7-14-9-11-4-3-5-12(8-11)10-16/h3-5,8,14,16H,2,6-7,9-10H2,1H3,(H,15,17). The summed E-state index contributed by atoms with van der Waals surface area (Å²) in [6, 6.07) is 7.77. The molecule has 0 unspecified atom stereocenters. The number of aliphatic hydroxyl groups is 1. The van der Waals surface area contributed by atoms with Crippen molar-refractivity contribution in [3.05, 3.63) is 35.4 Å². The summed E-state index contributed by atoms with van der Waals surface area (Å²) in [4.78, 5) is 11.2. The van der Waals surface area contributed by atoms with E-state index in [-0.39, 0.29) is 12.5 Å². The van der Waals surface area contributed by atoms with Crippen molar-refractivity contribution in [2.75, 3.05) is 13.1 Å². The third-order valence-corrected chi connectivity index (χ3v) is 2.41. The van der Waals surface area contributed by atoms with Crippen LogP contribution in [0.1, 0.15) is 24.5 Å². The average Bonchev–Trinajstić information content (AvgIpc) is 2.35. The fraction of sp³-hybridized carbons (Fsp3) is 0.462. The second-order valence-electron chi connectivity index (χ2n) is 3.86. The molecule has 0 heterocycles. The van der Waals surface area contributed by atoms with Crippen LogP contribution in [0.3, 0.4) is 0 Å². The molecule has 1 rings (SSSR count). The summed E-state index contributed by atoms with van der Waals surface area (Å²) >= 11 is 0. The Hall–Kier alpha value is -1.39. The minimum Gasteiger partial charge on any atom is -0.392 e. The van der Waals surface area contributed by atoms with E-state index < -0.39 is 0 Å². The van der Waals surface area contributed by atoms with E-state index in [1.54, 1.807) is 0 Å². The van der Waals surface area contributed by atoms with Crippen molar-refractivity contribution >= 4 is 5.91 Å². The van der Waals surface area contributed by atoms with Gasteiger partial charge in [-0.05, 0) is 18.1 Å². The highest BCUT2D eigenvalue weighted by molar-refractivity contribution is 5.75. The lowest BCUT2D eigenvalue weighted by Gasteiger charge is -2.06. The molecule has 1 amide bonds. The Balaban J connectivity index is 2.24. The number of carbonyl (C=O) groups excluding carboxylic acids is 1. The Bertz CT molecular complexity index is 353. The zero-order valence-corrected chi connectivity index (χ0v) is 10.2. The monoisotopic (exact) mass is 236 g/mol. The van der Waals surface area contributed by atoms with Crippen LogP contribution in [0.25, 0.3) is 0 Å². The first kappa shape index (κ1) is 13.7. The van der Waals surface area contributed by atoms with Gasteiger partial charge in [0.15, 0.2) is 0 Å². The summed E-state index contributed by atoms with van der Waals surface area (Å²) < 4.78 is 0. The van der Waals surface area contributed by atoms with Crippen LogP contribution in [0.5, 0.6) is 0 Å². The molecule has 1 aromatic rings. The van der Waals surface area contributed by atoms with Gasteiger partial charge < -0.3 is 15.7 Å². The minimum atomic E-state index is 0.0622. The first-order valence-electron chi connectivity index (χ1n) is 5.92. The van der Waals surface area contributed by atoms with Gasteiger partial charge in [-0.3, -0.25) is 4.79 Å². The summed E-state index contributed by atoms with van der Waals surface area (Å²) in [6.07, 6.45) is 0.494. The molecular formula is C13H20N2O2. The second-order valence-corrected chi connectivity index (χ2v) is 3.86. The number of carbonyl (C=O) groups is 1. The van der Waals surface area contributed by atoms with Gasteiger partial charge in [0.25, 0.3) is 0 Å². The molecule has 1 aromatic carbocycles. The predicted octanol–water partition coefficient (Wildman–Crippen LogP) is 0.795. The third kappa shape index (κ3) is 5.47. The van der Waals surface area contributed by atoms with Gasteiger partial charge in [-0.25, -0.2) is 0 Å². The zero-order valence-electron chi connectivity index (χ0n) is 10.2. The number of rotatable bonds is 7. The zero-order chi connectivity index (χ0) is 12.5. The van der Waals surface area contributed by atoms with Crippen molar-refractivity contribution in [1.82, 2.24) is 10.6 Å². The molecule has 3 N–H and O–H groups in total. The molecule has 0 aliphatic carbocycles. The van der Waals surface area contributed by atoms with Crippen LogP contribution in [0.4, 0.5) is 0 Å². The molecule has 0 aliphatic rings. The van der Waals surface area contributed by atoms with Crippen LogP contribution in [0, 0.1) is 0 Å². The van der Waals surface area contributed by atoms with Crippen molar-refractivity contribution in [3.63, 3.8) is 0 Å². The SMILES string of the molecule is CCNC(=O)CCNCc1cccc(CO)c1. The van der Waals surface area contributed by atoms with Crippen molar-refractivity contribution in [2.45, 2.75) is 26.5 Å². The molecule has 0 fully saturated rings. The Labute approximate surface area is 102 Å². The second kappa shape index (κ2) is 7.81. The van der Waals surface area contributed by atoms with Gasteiger partial charge in [0, 0.05) is 26.1 Å². The van der Waals surface area contributed by atoms with Crippen LogP contribution in [0.2, 0.25) is 0 Å². The van der Waals surface area contributed by atoms with E-state index >= 15 is 0 Å². The molecule has 0 radical (unpaired) electrons. The lowest BCUT2D eigenvalue weighted by Crippen LogP contribution is -2.27. The predicted molar refractivity (Wildman–Crippen MR) is 67.4 cm³/mol. The molecule has 4 heteroatoms. The van der Waals surface area contributed by atoms with E-state index in [4.69, 9.17) is 5.11 Å². The number of aliphatic hydroxyl groups excluding tert-OH is 1. The largest absolute Gasteiger partial charge is 0.392 e. The number of nitrogens with one attached hydrogen (secondary N) is 2. The molecule has 0 aliphatic heterocycles. The smallest absolute Gasteiger partial charge is 0.221 e. The van der Waals surface area contributed by atoms with E-state index in [9.17, 15) is 4.79 Å². The first-order valence-corrected chi connectivity index (χ1v) is 5.92. The summed E-state index contributed by atoms with van der Waals surface area (Å²) in [7, 11) is 0. The van der Waals surface area contributed by atoms with Crippen molar-refractivity contribution < 1.29 is 9.90 Å². The van der Waals surface area contributed by atoms with E-state index in [2.05, 4.69) is 10.6 Å². The van der Waals surface area contributed by atoms with Crippen molar-refractivity contribution in [3.8, 4) is 0 Å². The molecule has 0 saturated carbocycles. The Kier molecular flexibility index (Phi) is 6.29. The lowest BCUT2D eigenvalue weighted by atomic mass is 10.1. The van der Waals surface area contributed by atoms with Crippen LogP contribution in [0.15, 0.2) is 24.3 Å². The molecule has 94 valence electrons. The van der Waals surface area contributed by atoms with Gasteiger partial charge in [0.1, 0.15) is 0 Å². The quantitative estimate of drug-likeness (QED) is 0.614. The number of benzene rings is 1. The average molecular weight is 236 g/mol. The normalized spacial score (nSPS) is 10.2. The highest BCUT2D eigenvalue weighted by atomic mass is 16.3. The molecule has 0 bridgehead atoms. The first-order chi connectivity index (χ1) is 8.26. The molecule has 0 saturated heterocycles. The van der Waals surface area contributed by atoms with Crippen LogP contribution < -0.4 is 10.6 Å². The molecule has 0 atom stereocenters. The van der Waals surface area contributed by atoms with Gasteiger partial charge in [0.05, 0.1) is 6.61 Å². The summed E-state index contributed by atoms with van der Waals surface area (Å²) in [5.41, 5.74) is 2.03. The van der Waals surface area contributed by atoms with Crippen molar-refractivity contribution in [2.24, 2.45) is 0 Å². The number of hydrogen-bond donors (Lipinski definition) is 3.